The lowest BCUT2D eigenvalue weighted by Crippen LogP contribution is -2.24. The van der Waals surface area contributed by atoms with Gasteiger partial charge in [0.05, 0.1) is 11.4 Å². The third-order valence-electron chi connectivity index (χ3n) is 4.75. The van der Waals surface area contributed by atoms with Crippen LogP contribution in [0.1, 0.15) is 0 Å². The summed E-state index contributed by atoms with van der Waals surface area (Å²) < 4.78 is 28.2. The molecule has 2 amide bonds. The van der Waals surface area contributed by atoms with Crippen LogP contribution in [0.3, 0.4) is 0 Å². The summed E-state index contributed by atoms with van der Waals surface area (Å²) in [4.78, 5) is 16.6. The number of hydrogen-bond donors (Lipinski definition) is 3. The van der Waals surface area contributed by atoms with Crippen molar-refractivity contribution in [2.45, 2.75) is 4.90 Å². The van der Waals surface area contributed by atoms with Gasteiger partial charge < -0.3 is 5.32 Å². The molecule has 10 heteroatoms. The van der Waals surface area contributed by atoms with Crippen molar-refractivity contribution >= 4 is 38.3 Å². The molecule has 0 saturated carbocycles. The van der Waals surface area contributed by atoms with Gasteiger partial charge in [-0.3, -0.25) is 15.0 Å². The Morgan fingerprint density at radius 2 is 1.81 bits per heavy atom. The number of sulfonamides is 1. The van der Waals surface area contributed by atoms with Gasteiger partial charge in [0, 0.05) is 36.5 Å². The molecule has 3 N–H and O–H groups in total. The topological polar surface area (TPSA) is 118 Å². The lowest BCUT2D eigenvalue weighted by atomic mass is 10.1. The van der Waals surface area contributed by atoms with Crippen molar-refractivity contribution in [2.75, 3.05) is 17.7 Å². The van der Waals surface area contributed by atoms with Crippen LogP contribution in [-0.2, 0) is 17.1 Å². The van der Waals surface area contributed by atoms with Gasteiger partial charge in [-0.05, 0) is 36.7 Å². The van der Waals surface area contributed by atoms with Crippen LogP contribution in [0.25, 0.3) is 22.0 Å². The highest BCUT2D eigenvalue weighted by molar-refractivity contribution is 7.89. The first kappa shape index (κ1) is 20.5. The molecule has 31 heavy (non-hydrogen) atoms. The number of benzene rings is 2. The number of anilines is 2. The second kappa shape index (κ2) is 8.17. The zero-order valence-corrected chi connectivity index (χ0v) is 17.6. The molecule has 0 bridgehead atoms. The smallest absolute Gasteiger partial charge is 0.306 e. The van der Waals surface area contributed by atoms with E-state index in [-0.39, 0.29) is 10.6 Å². The van der Waals surface area contributed by atoms with E-state index >= 15 is 0 Å². The fourth-order valence-electron chi connectivity index (χ4n) is 3.23. The van der Waals surface area contributed by atoms with Gasteiger partial charge >= 0.3 is 6.03 Å². The van der Waals surface area contributed by atoms with Crippen molar-refractivity contribution in [3.8, 4) is 11.3 Å². The lowest BCUT2D eigenvalue weighted by molar-refractivity contribution is 0.262. The van der Waals surface area contributed by atoms with E-state index in [1.54, 1.807) is 42.3 Å². The first-order valence-electron chi connectivity index (χ1n) is 9.36. The summed E-state index contributed by atoms with van der Waals surface area (Å²) in [5, 5.41) is 11.6. The first-order chi connectivity index (χ1) is 14.9. The van der Waals surface area contributed by atoms with Gasteiger partial charge in [0.25, 0.3) is 0 Å². The number of amides is 2. The van der Waals surface area contributed by atoms with Crippen LogP contribution < -0.4 is 15.4 Å². The van der Waals surface area contributed by atoms with E-state index in [1.807, 2.05) is 24.3 Å². The fourth-order valence-corrected chi connectivity index (χ4v) is 4.11. The third-order valence-corrected chi connectivity index (χ3v) is 6.22. The van der Waals surface area contributed by atoms with Crippen LogP contribution in [-0.4, -0.2) is 36.3 Å². The molecule has 2 aromatic heterocycles. The number of pyridine rings is 1. The lowest BCUT2D eigenvalue weighted by Gasteiger charge is -2.11. The molecule has 0 atom stereocenters. The van der Waals surface area contributed by atoms with Crippen LogP contribution in [0.4, 0.5) is 16.3 Å². The van der Waals surface area contributed by atoms with Gasteiger partial charge in [0.2, 0.25) is 10.0 Å². The number of aromatic nitrogens is 3. The van der Waals surface area contributed by atoms with Gasteiger partial charge in [-0.15, -0.1) is 0 Å². The number of hydrogen-bond acceptors (Lipinski definition) is 5. The van der Waals surface area contributed by atoms with Crippen LogP contribution in [0.15, 0.2) is 71.9 Å². The Hall–Kier alpha value is -3.76. The molecule has 9 nitrogen and oxygen atoms in total. The Labute approximate surface area is 179 Å². The molecule has 0 fully saturated rings. The minimum absolute atomic E-state index is 0.0286. The van der Waals surface area contributed by atoms with Crippen molar-refractivity contribution in [1.82, 2.24) is 19.5 Å². The van der Waals surface area contributed by atoms with Gasteiger partial charge in [-0.1, -0.05) is 24.3 Å². The van der Waals surface area contributed by atoms with Crippen LogP contribution >= 0.6 is 0 Å². The maximum atomic E-state index is 12.5. The second-order valence-electron chi connectivity index (χ2n) is 6.76. The summed E-state index contributed by atoms with van der Waals surface area (Å²) in [5.74, 6) is 0.329. The van der Waals surface area contributed by atoms with Crippen LogP contribution in [0, 0.1) is 0 Å². The van der Waals surface area contributed by atoms with Gasteiger partial charge in [-0.25, -0.2) is 17.9 Å². The molecule has 4 rings (SSSR count). The molecule has 2 heterocycles. The molecule has 158 valence electrons. The summed E-state index contributed by atoms with van der Waals surface area (Å²) in [7, 11) is -0.633. The molecule has 0 spiro atoms. The predicted octanol–water partition coefficient (Wildman–Crippen LogP) is 3.19. The van der Waals surface area contributed by atoms with Gasteiger partial charge in [-0.2, -0.15) is 5.10 Å². The molecule has 0 aliphatic heterocycles. The van der Waals surface area contributed by atoms with Crippen molar-refractivity contribution < 1.29 is 13.2 Å². The van der Waals surface area contributed by atoms with Crippen molar-refractivity contribution in [1.29, 1.82) is 0 Å². The first-order valence-corrected chi connectivity index (χ1v) is 10.8. The number of fused-ring (bicyclic) bond motifs is 1. The monoisotopic (exact) mass is 436 g/mol. The van der Waals surface area contributed by atoms with E-state index in [1.165, 1.54) is 19.2 Å². The Morgan fingerprint density at radius 1 is 1.00 bits per heavy atom. The van der Waals surface area contributed by atoms with Crippen molar-refractivity contribution in [3.63, 3.8) is 0 Å². The van der Waals surface area contributed by atoms with E-state index in [4.69, 9.17) is 0 Å². The summed E-state index contributed by atoms with van der Waals surface area (Å²) in [6, 6.07) is 15.2. The number of carbonyl (C=O) groups is 1. The average Bonchev–Trinajstić information content (AvgIpc) is 3.13. The third kappa shape index (κ3) is 4.25. The summed E-state index contributed by atoms with van der Waals surface area (Å²) in [6.45, 7) is 0. The number of nitrogens with one attached hydrogen (secondary N) is 3. The number of aryl methyl sites for hydroxylation is 1. The van der Waals surface area contributed by atoms with E-state index in [9.17, 15) is 13.2 Å². The minimum Gasteiger partial charge on any atom is -0.306 e. The predicted molar refractivity (Wildman–Crippen MR) is 119 cm³/mol. The summed E-state index contributed by atoms with van der Waals surface area (Å²) in [6.07, 6.45) is 3.53. The Bertz CT molecular complexity index is 1380. The number of nitrogens with zero attached hydrogens (tertiary/aromatic N) is 3. The SMILES string of the molecule is CNS(=O)(=O)c1ccccc1NC(=O)Nc1cc(-c2ccc3ccncc3c2)n(C)n1. The number of urea groups is 1. The maximum absolute atomic E-state index is 12.5. The zero-order valence-electron chi connectivity index (χ0n) is 16.8. The van der Waals surface area contributed by atoms with Crippen LogP contribution in [0.2, 0.25) is 0 Å². The molecule has 0 aliphatic carbocycles. The highest BCUT2D eigenvalue weighted by Gasteiger charge is 2.18. The molecule has 0 saturated heterocycles. The van der Waals surface area contributed by atoms with E-state index < -0.39 is 16.1 Å². The Kier molecular flexibility index (Phi) is 5.40. The van der Waals surface area contributed by atoms with E-state index in [0.29, 0.717) is 5.82 Å². The molecule has 2 aromatic carbocycles. The van der Waals surface area contributed by atoms with Gasteiger partial charge in [0.15, 0.2) is 5.82 Å². The standard InChI is InChI=1S/C21H20N6O3S/c1-22-31(29,30)19-6-4-3-5-17(19)24-21(28)25-20-12-18(27(2)26-20)15-8-7-14-9-10-23-13-16(14)11-15/h3-13,22H,1-2H3,(H2,24,25,26,28). The molecule has 0 aliphatic rings. The minimum atomic E-state index is -3.72. The molecule has 0 unspecified atom stereocenters. The molecule has 0 radical (unpaired) electrons. The second-order valence-corrected chi connectivity index (χ2v) is 8.61. The van der Waals surface area contributed by atoms with E-state index in [2.05, 4.69) is 25.4 Å². The highest BCUT2D eigenvalue weighted by Crippen LogP contribution is 2.26. The molecular weight excluding hydrogens is 416 g/mol. The zero-order chi connectivity index (χ0) is 22.0. The van der Waals surface area contributed by atoms with Crippen molar-refractivity contribution in [2.24, 2.45) is 7.05 Å². The highest BCUT2D eigenvalue weighted by atomic mass is 32.2. The summed E-state index contributed by atoms with van der Waals surface area (Å²) in [5.41, 5.74) is 1.89. The maximum Gasteiger partial charge on any atom is 0.324 e. The number of para-hydroxylation sites is 1. The molecular formula is C21H20N6O3S. The molecule has 4 aromatic rings. The normalized spacial score (nSPS) is 11.4. The number of carbonyl (C=O) groups excluding carboxylic acids is 1. The summed E-state index contributed by atoms with van der Waals surface area (Å²) >= 11 is 0. The number of rotatable bonds is 5. The van der Waals surface area contributed by atoms with E-state index in [0.717, 1.165) is 22.0 Å². The fraction of sp³-hybridized carbons (Fsp3) is 0.0952. The Morgan fingerprint density at radius 3 is 2.61 bits per heavy atom. The van der Waals surface area contributed by atoms with Gasteiger partial charge in [0.1, 0.15) is 4.90 Å². The van der Waals surface area contributed by atoms with Crippen LogP contribution in [0.5, 0.6) is 0 Å². The Balaban J connectivity index is 1.55. The average molecular weight is 436 g/mol. The largest absolute Gasteiger partial charge is 0.324 e. The van der Waals surface area contributed by atoms with Crippen molar-refractivity contribution in [3.05, 3.63) is 67.0 Å². The quantitative estimate of drug-likeness (QED) is 0.444.